The minimum atomic E-state index is -3.88. The molecule has 28 heavy (non-hydrogen) atoms. The van der Waals surface area contributed by atoms with Crippen molar-refractivity contribution >= 4 is 37.3 Å². The molecule has 4 nitrogen and oxygen atoms in total. The van der Waals surface area contributed by atoms with Gasteiger partial charge in [-0.25, -0.2) is 17.8 Å². The molecule has 0 atom stereocenters. The second-order valence-corrected chi connectivity index (χ2v) is 9.25. The smallest absolute Gasteiger partial charge is 0.262 e. The maximum absolute atomic E-state index is 13.8. The number of nitrogens with zero attached hydrogens (tertiary/aromatic N) is 1. The van der Waals surface area contributed by atoms with E-state index in [2.05, 4.69) is 9.71 Å². The molecule has 1 N–H and O–H groups in total. The molecule has 0 saturated carbocycles. The predicted molar refractivity (Wildman–Crippen MR) is 112 cm³/mol. The van der Waals surface area contributed by atoms with Crippen molar-refractivity contribution in [2.75, 3.05) is 4.72 Å². The molecule has 0 radical (unpaired) electrons. The Hall–Kier alpha value is -2.77. The van der Waals surface area contributed by atoms with Crippen molar-refractivity contribution in [2.45, 2.75) is 18.7 Å². The topological polar surface area (TPSA) is 59.1 Å². The molecule has 142 valence electrons. The Morgan fingerprint density at radius 3 is 2.46 bits per heavy atom. The van der Waals surface area contributed by atoms with Crippen molar-refractivity contribution in [1.29, 1.82) is 0 Å². The van der Waals surface area contributed by atoms with Crippen LogP contribution in [0.3, 0.4) is 0 Å². The average Bonchev–Trinajstić information content (AvgIpc) is 3.09. The van der Waals surface area contributed by atoms with Crippen molar-refractivity contribution < 1.29 is 12.8 Å². The molecular formula is C21H17FN2O2S2. The maximum atomic E-state index is 13.8. The zero-order valence-electron chi connectivity index (χ0n) is 15.2. The largest absolute Gasteiger partial charge is 0.279 e. The van der Waals surface area contributed by atoms with Crippen LogP contribution in [0.2, 0.25) is 0 Å². The summed E-state index contributed by atoms with van der Waals surface area (Å²) in [6.07, 6.45) is 0. The number of sulfonamides is 1. The number of hydrogen-bond acceptors (Lipinski definition) is 4. The number of thiazole rings is 1. The number of para-hydroxylation sites is 1. The molecule has 4 rings (SSSR count). The van der Waals surface area contributed by atoms with Crippen LogP contribution in [0.4, 0.5) is 10.1 Å². The Bertz CT molecular complexity index is 1260. The molecule has 1 aromatic heterocycles. The summed E-state index contributed by atoms with van der Waals surface area (Å²) in [6, 6.07) is 17.2. The molecule has 1 heterocycles. The first-order chi connectivity index (χ1) is 13.3. The molecule has 4 aromatic rings. The third kappa shape index (κ3) is 3.50. The molecule has 0 aliphatic carbocycles. The molecular weight excluding hydrogens is 395 g/mol. The summed E-state index contributed by atoms with van der Waals surface area (Å²) in [5.41, 5.74) is 3.46. The summed E-state index contributed by atoms with van der Waals surface area (Å²) in [6.45, 7) is 3.41. The number of hydrogen-bond donors (Lipinski definition) is 1. The Morgan fingerprint density at radius 2 is 1.75 bits per heavy atom. The van der Waals surface area contributed by atoms with Gasteiger partial charge >= 0.3 is 0 Å². The highest BCUT2D eigenvalue weighted by molar-refractivity contribution is 7.92. The lowest BCUT2D eigenvalue weighted by Crippen LogP contribution is -2.14. The van der Waals surface area contributed by atoms with Gasteiger partial charge in [0.2, 0.25) is 0 Å². The van der Waals surface area contributed by atoms with E-state index in [0.717, 1.165) is 32.4 Å². The second-order valence-electron chi connectivity index (χ2n) is 6.53. The molecule has 3 aromatic carbocycles. The molecule has 0 bridgehead atoms. The van der Waals surface area contributed by atoms with E-state index in [-0.39, 0.29) is 4.90 Å². The Labute approximate surface area is 166 Å². The third-order valence-electron chi connectivity index (χ3n) is 4.47. The van der Waals surface area contributed by atoms with E-state index in [1.165, 1.54) is 12.1 Å². The number of halogens is 1. The summed E-state index contributed by atoms with van der Waals surface area (Å²) >= 11 is 1.59. The molecule has 0 amide bonds. The highest BCUT2D eigenvalue weighted by atomic mass is 32.2. The summed E-state index contributed by atoms with van der Waals surface area (Å²) < 4.78 is 42.6. The zero-order chi connectivity index (χ0) is 19.9. The van der Waals surface area contributed by atoms with Crippen molar-refractivity contribution in [1.82, 2.24) is 4.98 Å². The number of anilines is 1. The summed E-state index contributed by atoms with van der Waals surface area (Å²) in [7, 11) is -3.88. The standard InChI is InChI=1S/C21H17FN2O2S2/c1-13-7-9-16(12-17(13)22)28(25,26)24-18-10-8-15(11-14(18)2)21-23-19-5-3-4-6-20(19)27-21/h3-12,24H,1-2H3. The first-order valence-corrected chi connectivity index (χ1v) is 10.9. The fourth-order valence-corrected chi connectivity index (χ4v) is 4.96. The van der Waals surface area contributed by atoms with Crippen molar-refractivity contribution in [3.63, 3.8) is 0 Å². The SMILES string of the molecule is Cc1ccc(S(=O)(=O)Nc2ccc(-c3nc4ccccc4s3)cc2C)cc1F. The van der Waals surface area contributed by atoms with Gasteiger partial charge in [-0.3, -0.25) is 4.72 Å². The van der Waals surface area contributed by atoms with E-state index in [1.54, 1.807) is 24.3 Å². The van der Waals surface area contributed by atoms with Gasteiger partial charge in [-0.15, -0.1) is 11.3 Å². The first kappa shape index (κ1) is 18.6. The highest BCUT2D eigenvalue weighted by Gasteiger charge is 2.17. The van der Waals surface area contributed by atoms with Crippen LogP contribution in [0.15, 0.2) is 65.6 Å². The van der Waals surface area contributed by atoms with Crippen LogP contribution in [0, 0.1) is 19.7 Å². The number of aromatic nitrogens is 1. The van der Waals surface area contributed by atoms with Crippen LogP contribution >= 0.6 is 11.3 Å². The van der Waals surface area contributed by atoms with Gasteiger partial charge in [-0.05, 0) is 67.4 Å². The minimum Gasteiger partial charge on any atom is -0.279 e. The number of fused-ring (bicyclic) bond motifs is 1. The summed E-state index contributed by atoms with van der Waals surface area (Å²) in [5.74, 6) is -0.550. The Kier molecular flexibility index (Phi) is 4.64. The Balaban J connectivity index is 1.65. The van der Waals surface area contributed by atoms with Crippen LogP contribution < -0.4 is 4.72 Å². The van der Waals surface area contributed by atoms with Crippen LogP contribution in [0.25, 0.3) is 20.8 Å². The third-order valence-corrected chi connectivity index (χ3v) is 6.91. The molecule has 0 spiro atoms. The predicted octanol–water partition coefficient (Wildman–Crippen LogP) is 5.52. The van der Waals surface area contributed by atoms with Gasteiger partial charge in [-0.1, -0.05) is 18.2 Å². The molecule has 0 aliphatic heterocycles. The number of rotatable bonds is 4. The second kappa shape index (κ2) is 7.00. The first-order valence-electron chi connectivity index (χ1n) is 8.59. The summed E-state index contributed by atoms with van der Waals surface area (Å²) in [4.78, 5) is 4.53. The van der Waals surface area contributed by atoms with E-state index in [1.807, 2.05) is 43.3 Å². The quantitative estimate of drug-likeness (QED) is 0.480. The fraction of sp³-hybridized carbons (Fsp3) is 0.0952. The highest BCUT2D eigenvalue weighted by Crippen LogP contribution is 2.32. The van der Waals surface area contributed by atoms with Gasteiger partial charge in [0, 0.05) is 5.56 Å². The van der Waals surface area contributed by atoms with E-state index < -0.39 is 15.8 Å². The normalized spacial score (nSPS) is 11.7. The van der Waals surface area contributed by atoms with Crippen molar-refractivity contribution in [3.8, 4) is 10.6 Å². The van der Waals surface area contributed by atoms with Crippen LogP contribution in [-0.2, 0) is 10.0 Å². The van der Waals surface area contributed by atoms with Gasteiger partial charge in [-0.2, -0.15) is 0 Å². The fourth-order valence-electron chi connectivity index (χ4n) is 2.85. The van der Waals surface area contributed by atoms with Gasteiger partial charge in [0.25, 0.3) is 10.0 Å². The molecule has 0 unspecified atom stereocenters. The van der Waals surface area contributed by atoms with E-state index in [9.17, 15) is 12.8 Å². The van der Waals surface area contributed by atoms with Crippen LogP contribution in [0.5, 0.6) is 0 Å². The number of aryl methyl sites for hydroxylation is 2. The number of benzene rings is 3. The van der Waals surface area contributed by atoms with E-state index in [0.29, 0.717) is 11.3 Å². The average molecular weight is 413 g/mol. The van der Waals surface area contributed by atoms with Gasteiger partial charge < -0.3 is 0 Å². The lowest BCUT2D eigenvalue weighted by molar-refractivity contribution is 0.593. The molecule has 7 heteroatoms. The summed E-state index contributed by atoms with van der Waals surface area (Å²) in [5, 5.41) is 0.874. The van der Waals surface area contributed by atoms with Gasteiger partial charge in [0.15, 0.2) is 0 Å². The minimum absolute atomic E-state index is 0.106. The molecule has 0 fully saturated rings. The lowest BCUT2D eigenvalue weighted by atomic mass is 10.1. The van der Waals surface area contributed by atoms with Crippen molar-refractivity contribution in [2.24, 2.45) is 0 Å². The zero-order valence-corrected chi connectivity index (χ0v) is 16.9. The van der Waals surface area contributed by atoms with Crippen LogP contribution in [-0.4, -0.2) is 13.4 Å². The van der Waals surface area contributed by atoms with E-state index >= 15 is 0 Å². The monoisotopic (exact) mass is 412 g/mol. The Morgan fingerprint density at radius 1 is 0.964 bits per heavy atom. The maximum Gasteiger partial charge on any atom is 0.262 e. The van der Waals surface area contributed by atoms with Gasteiger partial charge in [0.1, 0.15) is 10.8 Å². The molecule has 0 aliphatic rings. The lowest BCUT2D eigenvalue weighted by Gasteiger charge is -2.12. The molecule has 0 saturated heterocycles. The van der Waals surface area contributed by atoms with E-state index in [4.69, 9.17) is 0 Å². The van der Waals surface area contributed by atoms with Crippen molar-refractivity contribution in [3.05, 3.63) is 77.6 Å². The van der Waals surface area contributed by atoms with Gasteiger partial charge in [0.05, 0.1) is 20.8 Å². The van der Waals surface area contributed by atoms with Crippen LogP contribution in [0.1, 0.15) is 11.1 Å². The number of nitrogens with one attached hydrogen (secondary N) is 1.